The van der Waals surface area contributed by atoms with Gasteiger partial charge in [-0.1, -0.05) is 18.2 Å². The van der Waals surface area contributed by atoms with Gasteiger partial charge in [-0.3, -0.25) is 4.79 Å². The Kier molecular flexibility index (Phi) is 4.13. The van der Waals surface area contributed by atoms with Crippen molar-refractivity contribution < 1.29 is 18.7 Å². The molecule has 0 fully saturated rings. The summed E-state index contributed by atoms with van der Waals surface area (Å²) in [6.07, 6.45) is 0.590. The minimum atomic E-state index is -0.556. The van der Waals surface area contributed by atoms with E-state index in [1.165, 1.54) is 12.1 Å². The quantitative estimate of drug-likeness (QED) is 0.774. The first-order valence-electron chi connectivity index (χ1n) is 5.74. The number of ether oxygens (including phenoxy) is 2. The summed E-state index contributed by atoms with van der Waals surface area (Å²) in [5.41, 5.74) is 1.10. The van der Waals surface area contributed by atoms with Crippen molar-refractivity contribution in [1.29, 1.82) is 0 Å². The molecule has 0 unspecified atom stereocenters. The molecule has 0 atom stereocenters. The summed E-state index contributed by atoms with van der Waals surface area (Å²) in [6.45, 7) is 0.196. The van der Waals surface area contributed by atoms with Crippen molar-refractivity contribution in [3.8, 4) is 11.5 Å². The van der Waals surface area contributed by atoms with Crippen molar-refractivity contribution >= 4 is 6.29 Å². The summed E-state index contributed by atoms with van der Waals surface area (Å²) >= 11 is 0. The molecule has 0 saturated heterocycles. The fourth-order valence-corrected chi connectivity index (χ4v) is 1.69. The summed E-state index contributed by atoms with van der Waals surface area (Å²) in [6, 6.07) is 11.4. The average molecular weight is 260 g/mol. The van der Waals surface area contributed by atoms with Gasteiger partial charge >= 0.3 is 0 Å². The van der Waals surface area contributed by atoms with Gasteiger partial charge in [0.25, 0.3) is 0 Å². The molecule has 0 radical (unpaired) electrons. The highest BCUT2D eigenvalue weighted by molar-refractivity contribution is 5.74. The smallest absolute Gasteiger partial charge is 0.165 e. The van der Waals surface area contributed by atoms with Crippen LogP contribution in [0.15, 0.2) is 42.5 Å². The second-order valence-electron chi connectivity index (χ2n) is 3.91. The molecule has 0 spiro atoms. The summed E-state index contributed by atoms with van der Waals surface area (Å²) in [7, 11) is 1.57. The summed E-state index contributed by atoms with van der Waals surface area (Å²) in [5.74, 6) is 0.239. The molecule has 0 aliphatic rings. The Morgan fingerprint density at radius 1 is 1.16 bits per heavy atom. The number of aldehydes is 1. The molecular weight excluding hydrogens is 247 g/mol. The third-order valence-electron chi connectivity index (χ3n) is 2.67. The highest BCUT2D eigenvalue weighted by Crippen LogP contribution is 2.22. The van der Waals surface area contributed by atoms with E-state index in [4.69, 9.17) is 9.47 Å². The molecule has 0 aromatic heterocycles. The molecule has 0 N–H and O–H groups in total. The van der Waals surface area contributed by atoms with Crippen LogP contribution in [0.3, 0.4) is 0 Å². The minimum absolute atomic E-state index is 0.108. The van der Waals surface area contributed by atoms with E-state index in [-0.39, 0.29) is 17.9 Å². The lowest BCUT2D eigenvalue weighted by atomic mass is 10.2. The number of hydrogen-bond donors (Lipinski definition) is 0. The van der Waals surface area contributed by atoms with Crippen LogP contribution in [-0.4, -0.2) is 13.4 Å². The molecule has 0 aliphatic heterocycles. The average Bonchev–Trinajstić information content (AvgIpc) is 2.46. The maximum atomic E-state index is 13.6. The Hall–Kier alpha value is -2.36. The van der Waals surface area contributed by atoms with E-state index < -0.39 is 5.82 Å². The van der Waals surface area contributed by atoms with Gasteiger partial charge in [-0.05, 0) is 24.3 Å². The van der Waals surface area contributed by atoms with Crippen LogP contribution in [0.4, 0.5) is 4.39 Å². The molecule has 0 heterocycles. The lowest BCUT2D eigenvalue weighted by Crippen LogP contribution is -2.00. The zero-order valence-electron chi connectivity index (χ0n) is 10.4. The largest absolute Gasteiger partial charge is 0.496 e. The molecule has 98 valence electrons. The van der Waals surface area contributed by atoms with Crippen LogP contribution in [0.5, 0.6) is 11.5 Å². The van der Waals surface area contributed by atoms with E-state index in [1.807, 2.05) is 24.3 Å². The SMILES string of the molecule is COc1ccccc1COc1ccc(C=O)cc1F. The lowest BCUT2D eigenvalue weighted by Gasteiger charge is -2.10. The molecule has 2 aromatic rings. The lowest BCUT2D eigenvalue weighted by molar-refractivity contribution is 0.112. The van der Waals surface area contributed by atoms with Crippen molar-refractivity contribution in [2.24, 2.45) is 0 Å². The summed E-state index contributed by atoms with van der Waals surface area (Å²) in [5, 5.41) is 0. The van der Waals surface area contributed by atoms with Crippen LogP contribution < -0.4 is 9.47 Å². The topological polar surface area (TPSA) is 35.5 Å². The van der Waals surface area contributed by atoms with E-state index in [9.17, 15) is 9.18 Å². The molecular formula is C15H13FO3. The first kappa shape index (κ1) is 13.1. The third-order valence-corrected chi connectivity index (χ3v) is 2.67. The highest BCUT2D eigenvalue weighted by atomic mass is 19.1. The van der Waals surface area contributed by atoms with Crippen LogP contribution >= 0.6 is 0 Å². The van der Waals surface area contributed by atoms with Gasteiger partial charge in [-0.15, -0.1) is 0 Å². The molecule has 0 bridgehead atoms. The zero-order valence-corrected chi connectivity index (χ0v) is 10.4. The normalized spacial score (nSPS) is 10.0. The van der Waals surface area contributed by atoms with Crippen LogP contribution in [0, 0.1) is 5.82 Å². The predicted octanol–water partition coefficient (Wildman–Crippen LogP) is 3.23. The fourth-order valence-electron chi connectivity index (χ4n) is 1.69. The van der Waals surface area contributed by atoms with Gasteiger partial charge in [-0.25, -0.2) is 4.39 Å². The van der Waals surface area contributed by atoms with Crippen LogP contribution in [-0.2, 0) is 6.61 Å². The molecule has 4 heteroatoms. The maximum absolute atomic E-state index is 13.6. The van der Waals surface area contributed by atoms with Gasteiger partial charge in [-0.2, -0.15) is 0 Å². The van der Waals surface area contributed by atoms with Crippen molar-refractivity contribution in [1.82, 2.24) is 0 Å². The van der Waals surface area contributed by atoms with E-state index in [2.05, 4.69) is 0 Å². The summed E-state index contributed by atoms with van der Waals surface area (Å²) < 4.78 is 24.2. The highest BCUT2D eigenvalue weighted by Gasteiger charge is 2.07. The first-order chi connectivity index (χ1) is 9.24. The second kappa shape index (κ2) is 6.00. The number of carbonyl (C=O) groups excluding carboxylic acids is 1. The van der Waals surface area contributed by atoms with E-state index >= 15 is 0 Å². The van der Waals surface area contributed by atoms with Crippen LogP contribution in [0.1, 0.15) is 15.9 Å². The Morgan fingerprint density at radius 2 is 1.95 bits per heavy atom. The maximum Gasteiger partial charge on any atom is 0.165 e. The Balaban J connectivity index is 2.12. The van der Waals surface area contributed by atoms with Gasteiger partial charge in [0.05, 0.1) is 7.11 Å². The monoisotopic (exact) mass is 260 g/mol. The van der Waals surface area contributed by atoms with Gasteiger partial charge < -0.3 is 9.47 Å². The molecule has 3 nitrogen and oxygen atoms in total. The van der Waals surface area contributed by atoms with E-state index in [0.29, 0.717) is 12.0 Å². The van der Waals surface area contributed by atoms with Crippen molar-refractivity contribution in [3.05, 3.63) is 59.4 Å². The number of carbonyl (C=O) groups is 1. The number of methoxy groups -OCH3 is 1. The van der Waals surface area contributed by atoms with Gasteiger partial charge in [0.2, 0.25) is 0 Å². The standard InChI is InChI=1S/C15H13FO3/c1-18-14-5-3-2-4-12(14)10-19-15-7-6-11(9-17)8-13(15)16/h2-9H,10H2,1H3. The van der Waals surface area contributed by atoms with Gasteiger partial charge in [0, 0.05) is 11.1 Å². The molecule has 0 aliphatic carbocycles. The van der Waals surface area contributed by atoms with Crippen LogP contribution in [0.2, 0.25) is 0 Å². The van der Waals surface area contributed by atoms with Gasteiger partial charge in [0.1, 0.15) is 18.6 Å². The van der Waals surface area contributed by atoms with E-state index in [0.717, 1.165) is 11.6 Å². The number of benzene rings is 2. The number of hydrogen-bond acceptors (Lipinski definition) is 3. The first-order valence-corrected chi connectivity index (χ1v) is 5.74. The van der Waals surface area contributed by atoms with E-state index in [1.54, 1.807) is 7.11 Å². The summed E-state index contributed by atoms with van der Waals surface area (Å²) in [4.78, 5) is 10.5. The predicted molar refractivity (Wildman–Crippen MR) is 69.1 cm³/mol. The second-order valence-corrected chi connectivity index (χ2v) is 3.91. The molecule has 2 aromatic carbocycles. The number of rotatable bonds is 5. The van der Waals surface area contributed by atoms with Crippen molar-refractivity contribution in [2.45, 2.75) is 6.61 Å². The van der Waals surface area contributed by atoms with Gasteiger partial charge in [0.15, 0.2) is 11.6 Å². The van der Waals surface area contributed by atoms with Crippen LogP contribution in [0.25, 0.3) is 0 Å². The minimum Gasteiger partial charge on any atom is -0.496 e. The number of para-hydroxylation sites is 1. The zero-order chi connectivity index (χ0) is 13.7. The Bertz CT molecular complexity index is 581. The molecule has 0 saturated carbocycles. The van der Waals surface area contributed by atoms with Crippen molar-refractivity contribution in [3.63, 3.8) is 0 Å². The third kappa shape index (κ3) is 3.10. The molecule has 2 rings (SSSR count). The molecule has 19 heavy (non-hydrogen) atoms. The Morgan fingerprint density at radius 3 is 2.63 bits per heavy atom. The molecule has 0 amide bonds. The number of halogens is 1. The Labute approximate surface area is 110 Å². The fraction of sp³-hybridized carbons (Fsp3) is 0.133. The van der Waals surface area contributed by atoms with Crippen molar-refractivity contribution in [2.75, 3.05) is 7.11 Å².